The molecule has 0 saturated carbocycles. The molecule has 0 unspecified atom stereocenters. The van der Waals surface area contributed by atoms with E-state index in [1.54, 1.807) is 0 Å². The highest BCUT2D eigenvalue weighted by atomic mass is 15.3. The molecule has 4 heteroatoms. The Kier molecular flexibility index (Phi) is 3.31. The van der Waals surface area contributed by atoms with Crippen LogP contribution in [0.25, 0.3) is 0 Å². The zero-order valence-corrected chi connectivity index (χ0v) is 9.64. The monoisotopic (exact) mass is 216 g/mol. The zero-order valence-electron chi connectivity index (χ0n) is 9.64. The fourth-order valence-electron chi connectivity index (χ4n) is 1.59. The van der Waals surface area contributed by atoms with Gasteiger partial charge in [0.15, 0.2) is 0 Å². The fourth-order valence-corrected chi connectivity index (χ4v) is 1.59. The van der Waals surface area contributed by atoms with Crippen LogP contribution in [0.15, 0.2) is 30.5 Å². The molecule has 0 aromatic carbocycles. The predicted octanol–water partition coefficient (Wildman–Crippen LogP) is 1.41. The van der Waals surface area contributed by atoms with E-state index < -0.39 is 0 Å². The molecule has 0 spiro atoms. The van der Waals surface area contributed by atoms with Gasteiger partial charge in [-0.25, -0.2) is 0 Å². The first-order valence-electron chi connectivity index (χ1n) is 5.36. The third-order valence-corrected chi connectivity index (χ3v) is 2.48. The van der Waals surface area contributed by atoms with E-state index in [1.165, 1.54) is 5.69 Å². The molecule has 0 aliphatic heterocycles. The van der Waals surface area contributed by atoms with Crippen molar-refractivity contribution in [3.8, 4) is 0 Å². The topological polar surface area (TPSA) is 42.7 Å². The molecular formula is C12H16N4. The summed E-state index contributed by atoms with van der Waals surface area (Å²) in [5, 5.41) is 7.47. The van der Waals surface area contributed by atoms with Gasteiger partial charge in [-0.2, -0.15) is 5.10 Å². The fraction of sp³-hybridized carbons (Fsp3) is 0.333. The van der Waals surface area contributed by atoms with E-state index in [-0.39, 0.29) is 0 Å². The number of aromatic nitrogens is 3. The lowest BCUT2D eigenvalue weighted by molar-refractivity contribution is 0.619. The van der Waals surface area contributed by atoms with E-state index in [2.05, 4.69) is 15.4 Å². The van der Waals surface area contributed by atoms with Crippen molar-refractivity contribution in [1.29, 1.82) is 0 Å². The summed E-state index contributed by atoms with van der Waals surface area (Å²) in [7, 11) is 1.95. The van der Waals surface area contributed by atoms with E-state index in [1.807, 2.05) is 49.1 Å². The van der Waals surface area contributed by atoms with Crippen molar-refractivity contribution in [3.63, 3.8) is 0 Å². The first-order chi connectivity index (χ1) is 7.75. The van der Waals surface area contributed by atoms with Gasteiger partial charge in [-0.05, 0) is 25.1 Å². The van der Waals surface area contributed by atoms with E-state index in [4.69, 9.17) is 0 Å². The van der Waals surface area contributed by atoms with Crippen LogP contribution >= 0.6 is 0 Å². The van der Waals surface area contributed by atoms with Crippen LogP contribution in [-0.2, 0) is 20.1 Å². The average Bonchev–Trinajstić information content (AvgIpc) is 2.65. The Hall–Kier alpha value is -1.68. The van der Waals surface area contributed by atoms with E-state index in [0.717, 1.165) is 24.5 Å². The summed E-state index contributed by atoms with van der Waals surface area (Å²) in [6, 6.07) is 8.08. The van der Waals surface area contributed by atoms with Crippen molar-refractivity contribution in [1.82, 2.24) is 20.1 Å². The molecule has 0 amide bonds. The second-order valence-electron chi connectivity index (χ2n) is 3.82. The van der Waals surface area contributed by atoms with E-state index >= 15 is 0 Å². The standard InChI is InChI=1S/C12H16N4/c1-10-4-3-5-11(15-10)8-13-9-12-6-7-14-16(12)2/h3-7,13H,8-9H2,1-2H3. The minimum Gasteiger partial charge on any atom is -0.306 e. The number of nitrogens with zero attached hydrogens (tertiary/aromatic N) is 3. The lowest BCUT2D eigenvalue weighted by Gasteiger charge is -2.05. The van der Waals surface area contributed by atoms with Gasteiger partial charge in [-0.15, -0.1) is 0 Å². The summed E-state index contributed by atoms with van der Waals surface area (Å²) in [5.41, 5.74) is 3.30. The van der Waals surface area contributed by atoms with Crippen molar-refractivity contribution < 1.29 is 0 Å². The van der Waals surface area contributed by atoms with Crippen LogP contribution in [0.4, 0.5) is 0 Å². The molecule has 2 rings (SSSR count). The highest BCUT2D eigenvalue weighted by Gasteiger charge is 1.98. The zero-order chi connectivity index (χ0) is 11.4. The summed E-state index contributed by atoms with van der Waals surface area (Å²) in [6.07, 6.45) is 1.81. The van der Waals surface area contributed by atoms with Crippen LogP contribution < -0.4 is 5.32 Å². The minimum absolute atomic E-state index is 0.785. The summed E-state index contributed by atoms with van der Waals surface area (Å²) in [5.74, 6) is 0. The minimum atomic E-state index is 0.785. The molecule has 2 heterocycles. The van der Waals surface area contributed by atoms with E-state index in [0.29, 0.717) is 0 Å². The number of aryl methyl sites for hydroxylation is 2. The third kappa shape index (κ3) is 2.67. The number of rotatable bonds is 4. The van der Waals surface area contributed by atoms with Gasteiger partial charge in [-0.3, -0.25) is 9.67 Å². The van der Waals surface area contributed by atoms with Crippen LogP contribution in [0.1, 0.15) is 17.1 Å². The molecule has 0 aliphatic rings. The maximum absolute atomic E-state index is 4.43. The van der Waals surface area contributed by atoms with Gasteiger partial charge in [0.2, 0.25) is 0 Å². The molecule has 0 radical (unpaired) electrons. The maximum Gasteiger partial charge on any atom is 0.0544 e. The Labute approximate surface area is 95.3 Å². The SMILES string of the molecule is Cc1cccc(CNCc2ccnn2C)n1. The molecule has 16 heavy (non-hydrogen) atoms. The number of pyridine rings is 1. The molecule has 2 aromatic heterocycles. The predicted molar refractivity (Wildman–Crippen MR) is 62.7 cm³/mol. The largest absolute Gasteiger partial charge is 0.306 e. The van der Waals surface area contributed by atoms with Gasteiger partial charge in [0.1, 0.15) is 0 Å². The second kappa shape index (κ2) is 4.90. The van der Waals surface area contributed by atoms with Gasteiger partial charge in [-0.1, -0.05) is 6.07 Å². The summed E-state index contributed by atoms with van der Waals surface area (Å²) in [6.45, 7) is 3.60. The Bertz CT molecular complexity index is 462. The molecule has 0 fully saturated rings. The van der Waals surface area contributed by atoms with Crippen LogP contribution in [0, 0.1) is 6.92 Å². The quantitative estimate of drug-likeness (QED) is 0.840. The number of hydrogen-bond donors (Lipinski definition) is 1. The highest BCUT2D eigenvalue weighted by molar-refractivity contribution is 5.10. The number of hydrogen-bond acceptors (Lipinski definition) is 3. The molecule has 0 saturated heterocycles. The normalized spacial score (nSPS) is 10.6. The maximum atomic E-state index is 4.43. The van der Waals surface area contributed by atoms with Crippen molar-refractivity contribution >= 4 is 0 Å². The molecule has 0 aliphatic carbocycles. The van der Waals surface area contributed by atoms with Gasteiger partial charge < -0.3 is 5.32 Å². The number of nitrogens with one attached hydrogen (secondary N) is 1. The summed E-state index contributed by atoms with van der Waals surface area (Å²) >= 11 is 0. The van der Waals surface area contributed by atoms with Crippen LogP contribution in [0.3, 0.4) is 0 Å². The first-order valence-corrected chi connectivity index (χ1v) is 5.36. The smallest absolute Gasteiger partial charge is 0.0544 e. The van der Waals surface area contributed by atoms with Crippen molar-refractivity contribution in [2.45, 2.75) is 20.0 Å². The van der Waals surface area contributed by atoms with Crippen molar-refractivity contribution in [3.05, 3.63) is 47.5 Å². The molecule has 0 bridgehead atoms. The van der Waals surface area contributed by atoms with Gasteiger partial charge in [0, 0.05) is 32.0 Å². The van der Waals surface area contributed by atoms with Crippen LogP contribution in [0.5, 0.6) is 0 Å². The van der Waals surface area contributed by atoms with Gasteiger partial charge in [0.25, 0.3) is 0 Å². The van der Waals surface area contributed by atoms with Gasteiger partial charge >= 0.3 is 0 Å². The average molecular weight is 216 g/mol. The summed E-state index contributed by atoms with van der Waals surface area (Å²) < 4.78 is 1.87. The van der Waals surface area contributed by atoms with Crippen molar-refractivity contribution in [2.24, 2.45) is 7.05 Å². The Morgan fingerprint density at radius 1 is 1.25 bits per heavy atom. The third-order valence-electron chi connectivity index (χ3n) is 2.48. The first kappa shape index (κ1) is 10.8. The molecule has 1 N–H and O–H groups in total. The molecule has 0 atom stereocenters. The highest BCUT2D eigenvalue weighted by Crippen LogP contribution is 1.99. The lowest BCUT2D eigenvalue weighted by Crippen LogP contribution is -2.16. The van der Waals surface area contributed by atoms with Gasteiger partial charge in [0.05, 0.1) is 11.4 Å². The van der Waals surface area contributed by atoms with Crippen LogP contribution in [-0.4, -0.2) is 14.8 Å². The van der Waals surface area contributed by atoms with Crippen LogP contribution in [0.2, 0.25) is 0 Å². The molecule has 84 valence electrons. The Morgan fingerprint density at radius 3 is 2.81 bits per heavy atom. The summed E-state index contributed by atoms with van der Waals surface area (Å²) in [4.78, 5) is 4.43. The Morgan fingerprint density at radius 2 is 2.12 bits per heavy atom. The molecule has 4 nitrogen and oxygen atoms in total. The lowest BCUT2D eigenvalue weighted by atomic mass is 10.3. The second-order valence-corrected chi connectivity index (χ2v) is 3.82. The van der Waals surface area contributed by atoms with Crippen molar-refractivity contribution in [2.75, 3.05) is 0 Å². The molecular weight excluding hydrogens is 200 g/mol. The molecule has 2 aromatic rings. The Balaban J connectivity index is 1.87. The van der Waals surface area contributed by atoms with E-state index in [9.17, 15) is 0 Å².